The molecule has 1 N–H and O–H groups in total. The van der Waals surface area contributed by atoms with E-state index in [1.54, 1.807) is 12.1 Å². The van der Waals surface area contributed by atoms with Gasteiger partial charge in [0.15, 0.2) is 0 Å². The predicted octanol–water partition coefficient (Wildman–Crippen LogP) is 12.8. The molecule has 45 heavy (non-hydrogen) atoms. The van der Waals surface area contributed by atoms with Crippen LogP contribution in [0.2, 0.25) is 0 Å². The molecule has 4 nitrogen and oxygen atoms in total. The third-order valence-electron chi connectivity index (χ3n) is 9.96. The maximum atomic E-state index is 12.4. The molecular formula is C40H76NO3S+. The Bertz CT molecular complexity index is 845. The number of rotatable bonds is 33. The summed E-state index contributed by atoms with van der Waals surface area (Å²) in [6, 6.07) is 7.21. The van der Waals surface area contributed by atoms with Crippen molar-refractivity contribution in [3.8, 4) is 0 Å². The Morgan fingerprint density at radius 2 is 0.756 bits per heavy atom. The monoisotopic (exact) mass is 651 g/mol. The fourth-order valence-electron chi connectivity index (χ4n) is 7.09. The van der Waals surface area contributed by atoms with E-state index in [0.717, 1.165) is 29.7 Å². The van der Waals surface area contributed by atoms with Crippen molar-refractivity contribution in [2.45, 2.75) is 206 Å². The Balaban J connectivity index is 2.89. The Morgan fingerprint density at radius 1 is 0.467 bits per heavy atom. The van der Waals surface area contributed by atoms with E-state index >= 15 is 0 Å². The molecule has 0 radical (unpaired) electrons. The van der Waals surface area contributed by atoms with Crippen LogP contribution in [0, 0.1) is 0 Å². The van der Waals surface area contributed by atoms with Crippen LogP contribution in [0.15, 0.2) is 29.2 Å². The van der Waals surface area contributed by atoms with Gasteiger partial charge in [-0.15, -0.1) is 0 Å². The van der Waals surface area contributed by atoms with E-state index < -0.39 is 10.1 Å². The molecule has 264 valence electrons. The van der Waals surface area contributed by atoms with Crippen LogP contribution in [0.1, 0.15) is 200 Å². The van der Waals surface area contributed by atoms with Crippen LogP contribution in [0.3, 0.4) is 0 Å². The lowest BCUT2D eigenvalue weighted by Crippen LogP contribution is -2.49. The third-order valence-corrected chi connectivity index (χ3v) is 10.9. The van der Waals surface area contributed by atoms with Gasteiger partial charge in [0, 0.05) is 5.56 Å². The number of nitrogens with zero attached hydrogens (tertiary/aromatic N) is 1. The van der Waals surface area contributed by atoms with Gasteiger partial charge in [-0.2, -0.15) is 8.42 Å². The van der Waals surface area contributed by atoms with Gasteiger partial charge in [-0.25, -0.2) is 0 Å². The van der Waals surface area contributed by atoms with Gasteiger partial charge in [0.05, 0.1) is 19.6 Å². The molecule has 0 saturated heterocycles. The molecule has 1 aromatic carbocycles. The first-order valence-electron chi connectivity index (χ1n) is 19.8. The molecule has 0 bridgehead atoms. The minimum absolute atomic E-state index is 0.110. The summed E-state index contributed by atoms with van der Waals surface area (Å²) in [6.45, 7) is 10.9. The maximum Gasteiger partial charge on any atom is 0.295 e. The molecule has 0 unspecified atom stereocenters. The number of quaternary nitrogens is 1. The Morgan fingerprint density at radius 3 is 1.07 bits per heavy atom. The molecule has 0 aliphatic rings. The molecule has 1 aromatic rings. The molecule has 5 heteroatoms. The molecule has 0 spiro atoms. The van der Waals surface area contributed by atoms with Crippen molar-refractivity contribution in [3.05, 3.63) is 29.8 Å². The predicted molar refractivity (Wildman–Crippen MR) is 197 cm³/mol. The maximum absolute atomic E-state index is 12.4. The van der Waals surface area contributed by atoms with Crippen LogP contribution in [0.4, 0.5) is 0 Å². The van der Waals surface area contributed by atoms with E-state index in [-0.39, 0.29) is 4.90 Å². The van der Waals surface area contributed by atoms with Gasteiger partial charge in [-0.1, -0.05) is 174 Å². The summed E-state index contributed by atoms with van der Waals surface area (Å²) in [4.78, 5) is 0.110. The number of unbranched alkanes of at least 4 members (excludes halogenated alkanes) is 24. The van der Waals surface area contributed by atoms with Crippen molar-refractivity contribution in [2.24, 2.45) is 0 Å². The highest BCUT2D eigenvalue weighted by Crippen LogP contribution is 2.26. The van der Waals surface area contributed by atoms with E-state index in [1.165, 1.54) is 173 Å². The Kier molecular flexibility index (Phi) is 26.3. The van der Waals surface area contributed by atoms with Crippen molar-refractivity contribution in [1.29, 1.82) is 0 Å². The first-order valence-corrected chi connectivity index (χ1v) is 21.2. The van der Waals surface area contributed by atoms with Gasteiger partial charge < -0.3 is 4.48 Å². The Hall–Kier alpha value is -0.910. The third kappa shape index (κ3) is 22.3. The summed E-state index contributed by atoms with van der Waals surface area (Å²) in [5, 5.41) is 0. The van der Waals surface area contributed by atoms with Gasteiger partial charge >= 0.3 is 0 Å². The van der Waals surface area contributed by atoms with Gasteiger partial charge in [0.25, 0.3) is 10.1 Å². The number of hydrogen-bond acceptors (Lipinski definition) is 2. The van der Waals surface area contributed by atoms with E-state index in [2.05, 4.69) is 20.8 Å². The summed E-state index contributed by atoms with van der Waals surface area (Å²) >= 11 is 0. The molecule has 0 fully saturated rings. The van der Waals surface area contributed by atoms with Crippen molar-refractivity contribution >= 4 is 10.1 Å². The van der Waals surface area contributed by atoms with Crippen LogP contribution in [-0.2, 0) is 16.7 Å². The second-order valence-corrected chi connectivity index (χ2v) is 15.6. The van der Waals surface area contributed by atoms with Crippen molar-refractivity contribution in [3.63, 3.8) is 0 Å². The zero-order valence-electron chi connectivity index (χ0n) is 30.3. The minimum atomic E-state index is -4.24. The Labute approximate surface area is 281 Å². The standard InChI is InChI=1S/C40H75NO3S/c1-4-7-10-13-16-19-22-25-30-35-41(36-31-26-23-20-17-14-11-8-5-2,37-32-27-24-21-18-15-12-9-6-3)38-39-33-28-29-34-40(39)45(42,43)44/h28-29,33-34H,4-27,30-32,35-38H2,1-3H3/p+1. The fraction of sp³-hybridized carbons (Fsp3) is 0.850. The van der Waals surface area contributed by atoms with Crippen molar-refractivity contribution in [1.82, 2.24) is 0 Å². The highest BCUT2D eigenvalue weighted by Gasteiger charge is 2.29. The lowest BCUT2D eigenvalue weighted by Gasteiger charge is -2.40. The summed E-state index contributed by atoms with van der Waals surface area (Å²) in [7, 11) is -4.24. The quantitative estimate of drug-likeness (QED) is 0.0468. The second-order valence-electron chi connectivity index (χ2n) is 14.2. The van der Waals surface area contributed by atoms with E-state index in [9.17, 15) is 13.0 Å². The van der Waals surface area contributed by atoms with E-state index in [1.807, 2.05) is 12.1 Å². The fourth-order valence-corrected chi connectivity index (χ4v) is 7.81. The molecule has 0 saturated carbocycles. The molecule has 0 heterocycles. The smallest absolute Gasteiger partial charge is 0.295 e. The van der Waals surface area contributed by atoms with Gasteiger partial charge in [0.1, 0.15) is 11.4 Å². The molecule has 0 amide bonds. The zero-order chi connectivity index (χ0) is 32.9. The zero-order valence-corrected chi connectivity index (χ0v) is 31.2. The molecule has 0 aromatic heterocycles. The van der Waals surface area contributed by atoms with Crippen LogP contribution >= 0.6 is 0 Å². The number of hydrogen-bond donors (Lipinski definition) is 1. The van der Waals surface area contributed by atoms with Crippen molar-refractivity contribution < 1.29 is 17.5 Å². The SMILES string of the molecule is CCCCCCCCCCC[N+](CCCCCCCCCCC)(CCCCCCCCCCC)Cc1ccccc1S(=O)(=O)O. The number of benzene rings is 1. The lowest BCUT2D eigenvalue weighted by molar-refractivity contribution is -0.941. The summed E-state index contributed by atoms with van der Waals surface area (Å²) in [5.74, 6) is 0. The van der Waals surface area contributed by atoms with Crippen LogP contribution in [0.5, 0.6) is 0 Å². The van der Waals surface area contributed by atoms with Crippen molar-refractivity contribution in [2.75, 3.05) is 19.6 Å². The lowest BCUT2D eigenvalue weighted by atomic mass is 10.0. The highest BCUT2D eigenvalue weighted by molar-refractivity contribution is 7.85. The normalized spacial score (nSPS) is 12.3. The summed E-state index contributed by atoms with van der Waals surface area (Å²) in [6.07, 6.45) is 35.7. The van der Waals surface area contributed by atoms with Gasteiger partial charge in [-0.05, 0) is 44.6 Å². The summed E-state index contributed by atoms with van der Waals surface area (Å²) in [5.41, 5.74) is 0.794. The molecule has 0 aliphatic heterocycles. The molecular weight excluding hydrogens is 575 g/mol. The molecule has 0 atom stereocenters. The largest absolute Gasteiger partial charge is 0.320 e. The average molecular weight is 651 g/mol. The van der Waals surface area contributed by atoms with Crippen LogP contribution < -0.4 is 0 Å². The summed E-state index contributed by atoms with van der Waals surface area (Å²) < 4.78 is 35.8. The average Bonchev–Trinajstić information content (AvgIpc) is 3.02. The first-order chi connectivity index (χ1) is 21.9. The van der Waals surface area contributed by atoms with Crippen LogP contribution in [0.25, 0.3) is 0 Å². The van der Waals surface area contributed by atoms with E-state index in [4.69, 9.17) is 0 Å². The van der Waals surface area contributed by atoms with Crippen LogP contribution in [-0.4, -0.2) is 37.1 Å². The second kappa shape index (κ2) is 28.1. The van der Waals surface area contributed by atoms with Gasteiger partial charge in [-0.3, -0.25) is 4.55 Å². The first kappa shape index (κ1) is 42.1. The highest BCUT2D eigenvalue weighted by atomic mass is 32.2. The molecule has 1 rings (SSSR count). The molecule has 0 aliphatic carbocycles. The topological polar surface area (TPSA) is 54.4 Å². The van der Waals surface area contributed by atoms with Gasteiger partial charge in [0.2, 0.25) is 0 Å². The minimum Gasteiger partial charge on any atom is -0.320 e. The van der Waals surface area contributed by atoms with E-state index in [0.29, 0.717) is 6.54 Å².